The van der Waals surface area contributed by atoms with Crippen LogP contribution in [0.2, 0.25) is 0 Å². The standard InChI is InChI=1S/C12H15N3S/c1-8-11(7-13)9(2)15-12(14-8)6-10-4-3-5-16-10/h3-5H,6-7,13H2,1-2H3. The zero-order valence-corrected chi connectivity index (χ0v) is 10.3. The molecule has 3 nitrogen and oxygen atoms in total. The number of nitrogens with zero attached hydrogens (tertiary/aromatic N) is 2. The molecule has 84 valence electrons. The van der Waals surface area contributed by atoms with E-state index in [9.17, 15) is 0 Å². The van der Waals surface area contributed by atoms with Crippen LogP contribution >= 0.6 is 11.3 Å². The SMILES string of the molecule is Cc1nc(Cc2cccs2)nc(C)c1CN. The third-order valence-electron chi connectivity index (χ3n) is 2.58. The predicted octanol–water partition coefficient (Wildman–Crippen LogP) is 2.20. The number of nitrogens with two attached hydrogens (primary N) is 1. The molecule has 0 atom stereocenters. The Hall–Kier alpha value is -1.26. The van der Waals surface area contributed by atoms with Crippen LogP contribution in [0.5, 0.6) is 0 Å². The van der Waals surface area contributed by atoms with E-state index in [2.05, 4.69) is 21.4 Å². The van der Waals surface area contributed by atoms with Crippen LogP contribution in [0.1, 0.15) is 27.7 Å². The molecule has 2 N–H and O–H groups in total. The first kappa shape index (κ1) is 11.2. The molecule has 0 aromatic carbocycles. The molecule has 0 unspecified atom stereocenters. The van der Waals surface area contributed by atoms with Crippen LogP contribution in [-0.4, -0.2) is 9.97 Å². The van der Waals surface area contributed by atoms with Crippen LogP contribution in [0.25, 0.3) is 0 Å². The maximum absolute atomic E-state index is 5.66. The lowest BCUT2D eigenvalue weighted by Gasteiger charge is -2.08. The molecule has 0 aliphatic carbocycles. The summed E-state index contributed by atoms with van der Waals surface area (Å²) in [6, 6.07) is 4.16. The van der Waals surface area contributed by atoms with Crippen LogP contribution in [-0.2, 0) is 13.0 Å². The molecule has 0 radical (unpaired) electrons. The van der Waals surface area contributed by atoms with Crippen LogP contribution < -0.4 is 5.73 Å². The van der Waals surface area contributed by atoms with Gasteiger partial charge in [0.25, 0.3) is 0 Å². The third kappa shape index (κ3) is 2.28. The molecule has 16 heavy (non-hydrogen) atoms. The quantitative estimate of drug-likeness (QED) is 0.884. The molecule has 0 saturated heterocycles. The fraction of sp³-hybridized carbons (Fsp3) is 0.333. The minimum absolute atomic E-state index is 0.511. The first-order valence-corrected chi connectivity index (χ1v) is 6.14. The van der Waals surface area contributed by atoms with Gasteiger partial charge in [-0.25, -0.2) is 9.97 Å². The number of hydrogen-bond donors (Lipinski definition) is 1. The molecular formula is C12H15N3S. The van der Waals surface area contributed by atoms with Crippen molar-refractivity contribution in [2.24, 2.45) is 5.73 Å². The van der Waals surface area contributed by atoms with Gasteiger partial charge in [-0.1, -0.05) is 6.07 Å². The molecule has 0 aliphatic rings. The van der Waals surface area contributed by atoms with Gasteiger partial charge in [-0.15, -0.1) is 11.3 Å². The molecule has 4 heteroatoms. The Morgan fingerprint density at radius 2 is 1.94 bits per heavy atom. The van der Waals surface area contributed by atoms with E-state index < -0.39 is 0 Å². The zero-order valence-electron chi connectivity index (χ0n) is 9.53. The van der Waals surface area contributed by atoms with Crippen molar-refractivity contribution < 1.29 is 0 Å². The normalized spacial score (nSPS) is 10.7. The first-order chi connectivity index (χ1) is 7.70. The summed E-state index contributed by atoms with van der Waals surface area (Å²) in [5, 5.41) is 2.07. The Kier molecular flexibility index (Phi) is 3.31. The van der Waals surface area contributed by atoms with Crippen molar-refractivity contribution in [3.63, 3.8) is 0 Å². The lowest BCUT2D eigenvalue weighted by molar-refractivity contribution is 0.871. The van der Waals surface area contributed by atoms with Crippen LogP contribution in [0, 0.1) is 13.8 Å². The first-order valence-electron chi connectivity index (χ1n) is 5.26. The van der Waals surface area contributed by atoms with Crippen LogP contribution in [0.4, 0.5) is 0 Å². The Balaban J connectivity index is 2.30. The Morgan fingerprint density at radius 3 is 2.44 bits per heavy atom. The van der Waals surface area contributed by atoms with E-state index in [4.69, 9.17) is 5.73 Å². The van der Waals surface area contributed by atoms with Crippen molar-refractivity contribution in [3.8, 4) is 0 Å². The van der Waals surface area contributed by atoms with E-state index in [1.807, 2.05) is 19.9 Å². The van der Waals surface area contributed by atoms with Crippen molar-refractivity contribution in [2.75, 3.05) is 0 Å². The molecule has 0 saturated carbocycles. The van der Waals surface area contributed by atoms with Gasteiger partial charge in [0.15, 0.2) is 0 Å². The van der Waals surface area contributed by atoms with Crippen molar-refractivity contribution in [1.29, 1.82) is 0 Å². The highest BCUT2D eigenvalue weighted by Gasteiger charge is 2.07. The minimum Gasteiger partial charge on any atom is -0.326 e. The summed E-state index contributed by atoms with van der Waals surface area (Å²) in [6.45, 7) is 4.50. The van der Waals surface area contributed by atoms with E-state index in [0.29, 0.717) is 6.54 Å². The van der Waals surface area contributed by atoms with Gasteiger partial charge in [0.05, 0.1) is 0 Å². The number of rotatable bonds is 3. The van der Waals surface area contributed by atoms with Crippen molar-refractivity contribution >= 4 is 11.3 Å². The summed E-state index contributed by atoms with van der Waals surface area (Å²) in [6.07, 6.45) is 0.810. The summed E-state index contributed by atoms with van der Waals surface area (Å²) >= 11 is 1.73. The number of aryl methyl sites for hydroxylation is 2. The lowest BCUT2D eigenvalue weighted by Crippen LogP contribution is -2.09. The van der Waals surface area contributed by atoms with Gasteiger partial charge < -0.3 is 5.73 Å². The summed E-state index contributed by atoms with van der Waals surface area (Å²) in [5.74, 6) is 0.884. The summed E-state index contributed by atoms with van der Waals surface area (Å²) < 4.78 is 0. The maximum Gasteiger partial charge on any atom is 0.134 e. The third-order valence-corrected chi connectivity index (χ3v) is 3.46. The topological polar surface area (TPSA) is 51.8 Å². The molecule has 0 amide bonds. The highest BCUT2D eigenvalue weighted by Crippen LogP contribution is 2.15. The molecule has 0 spiro atoms. The van der Waals surface area contributed by atoms with E-state index in [1.165, 1.54) is 4.88 Å². The largest absolute Gasteiger partial charge is 0.326 e. The van der Waals surface area contributed by atoms with Gasteiger partial charge in [-0.2, -0.15) is 0 Å². The predicted molar refractivity (Wildman–Crippen MR) is 66.5 cm³/mol. The molecule has 2 aromatic heterocycles. The fourth-order valence-electron chi connectivity index (χ4n) is 1.75. The average Bonchev–Trinajstić information content (AvgIpc) is 2.70. The monoisotopic (exact) mass is 233 g/mol. The highest BCUT2D eigenvalue weighted by molar-refractivity contribution is 7.09. The smallest absolute Gasteiger partial charge is 0.134 e. The van der Waals surface area contributed by atoms with Crippen molar-refractivity contribution in [2.45, 2.75) is 26.8 Å². The molecule has 2 heterocycles. The van der Waals surface area contributed by atoms with E-state index in [1.54, 1.807) is 11.3 Å². The second-order valence-electron chi connectivity index (χ2n) is 3.75. The van der Waals surface area contributed by atoms with Gasteiger partial charge in [-0.3, -0.25) is 0 Å². The Bertz CT molecular complexity index is 454. The van der Waals surface area contributed by atoms with E-state index in [-0.39, 0.29) is 0 Å². The second-order valence-corrected chi connectivity index (χ2v) is 4.78. The second kappa shape index (κ2) is 4.72. The average molecular weight is 233 g/mol. The minimum atomic E-state index is 0.511. The van der Waals surface area contributed by atoms with Gasteiger partial charge in [0, 0.05) is 34.8 Å². The number of aromatic nitrogens is 2. The van der Waals surface area contributed by atoms with E-state index >= 15 is 0 Å². The van der Waals surface area contributed by atoms with Gasteiger partial charge >= 0.3 is 0 Å². The molecule has 0 bridgehead atoms. The zero-order chi connectivity index (χ0) is 11.5. The van der Waals surface area contributed by atoms with Crippen molar-refractivity contribution in [1.82, 2.24) is 9.97 Å². The highest BCUT2D eigenvalue weighted by atomic mass is 32.1. The Morgan fingerprint density at radius 1 is 1.25 bits per heavy atom. The number of hydrogen-bond acceptors (Lipinski definition) is 4. The van der Waals surface area contributed by atoms with Gasteiger partial charge in [0.2, 0.25) is 0 Å². The van der Waals surface area contributed by atoms with Crippen LogP contribution in [0.15, 0.2) is 17.5 Å². The van der Waals surface area contributed by atoms with Gasteiger partial charge in [-0.05, 0) is 25.3 Å². The number of thiophene rings is 1. The molecule has 0 aliphatic heterocycles. The molecular weight excluding hydrogens is 218 g/mol. The summed E-state index contributed by atoms with van der Waals surface area (Å²) in [4.78, 5) is 10.3. The maximum atomic E-state index is 5.66. The Labute approximate surface area is 99.4 Å². The molecule has 0 fully saturated rings. The fourth-order valence-corrected chi connectivity index (χ4v) is 2.45. The summed E-state index contributed by atoms with van der Waals surface area (Å²) in [7, 11) is 0. The summed E-state index contributed by atoms with van der Waals surface area (Å²) in [5.41, 5.74) is 8.73. The molecule has 2 aromatic rings. The van der Waals surface area contributed by atoms with E-state index in [0.717, 1.165) is 29.2 Å². The lowest BCUT2D eigenvalue weighted by atomic mass is 10.1. The van der Waals surface area contributed by atoms with Crippen molar-refractivity contribution in [3.05, 3.63) is 45.2 Å². The van der Waals surface area contributed by atoms with Crippen LogP contribution in [0.3, 0.4) is 0 Å². The van der Waals surface area contributed by atoms with Gasteiger partial charge in [0.1, 0.15) is 5.82 Å². The molecule has 2 rings (SSSR count).